The van der Waals surface area contributed by atoms with E-state index in [-0.39, 0.29) is 6.04 Å². The molecule has 1 aromatic rings. The first-order chi connectivity index (χ1) is 17.9. The van der Waals surface area contributed by atoms with Crippen molar-refractivity contribution in [3.63, 3.8) is 0 Å². The van der Waals surface area contributed by atoms with Gasteiger partial charge >= 0.3 is 0 Å². The second kappa shape index (κ2) is 16.6. The number of unbranched alkanes of at least 4 members (excludes halogenated alkanes) is 2. The molecule has 0 saturated carbocycles. The van der Waals surface area contributed by atoms with Gasteiger partial charge in [0.2, 0.25) is 0 Å². The quantitative estimate of drug-likeness (QED) is 0.191. The third kappa shape index (κ3) is 9.43. The fraction of sp³-hybridized carbons (Fsp3) is 0.647. The van der Waals surface area contributed by atoms with E-state index in [0.29, 0.717) is 30.3 Å². The van der Waals surface area contributed by atoms with Gasteiger partial charge in [0.05, 0.1) is 12.6 Å². The van der Waals surface area contributed by atoms with Crippen LogP contribution in [0.2, 0.25) is 0 Å². The SMILES string of the molecule is C=C(NCC(=C)N(C)C(C(C)CC)C(CC)CC)C(C(C)C)N(C)C(=C)CCCCCn1c(=C)ccc1=C. The Bertz CT molecular complexity index is 940. The van der Waals surface area contributed by atoms with Crippen molar-refractivity contribution >= 4 is 13.2 Å². The first-order valence-corrected chi connectivity index (χ1v) is 15.0. The minimum atomic E-state index is 0.187. The molecule has 0 bridgehead atoms. The molecule has 38 heavy (non-hydrogen) atoms. The van der Waals surface area contributed by atoms with Crippen molar-refractivity contribution in [2.45, 2.75) is 105 Å². The summed E-state index contributed by atoms with van der Waals surface area (Å²) in [6, 6.07) is 4.78. The first kappa shape index (κ1) is 33.7. The van der Waals surface area contributed by atoms with Gasteiger partial charge in [-0.3, -0.25) is 0 Å². The molecule has 1 N–H and O–H groups in total. The third-order valence-corrected chi connectivity index (χ3v) is 8.64. The number of hydrogen-bond acceptors (Lipinski definition) is 3. The molecule has 1 rings (SSSR count). The average molecular weight is 525 g/mol. The fourth-order valence-electron chi connectivity index (χ4n) is 5.91. The molecule has 0 spiro atoms. The van der Waals surface area contributed by atoms with E-state index in [2.05, 4.69) is 108 Å². The Labute approximate surface area is 235 Å². The lowest BCUT2D eigenvalue weighted by Crippen LogP contribution is -2.45. The van der Waals surface area contributed by atoms with Crippen LogP contribution >= 0.6 is 0 Å². The van der Waals surface area contributed by atoms with E-state index in [1.807, 2.05) is 12.1 Å². The number of aromatic nitrogens is 1. The molecule has 0 radical (unpaired) electrons. The van der Waals surface area contributed by atoms with Crippen LogP contribution in [0.15, 0.2) is 49.0 Å². The summed E-state index contributed by atoms with van der Waals surface area (Å²) in [6.07, 6.45) is 7.99. The molecule has 0 aliphatic rings. The van der Waals surface area contributed by atoms with Crippen LogP contribution in [0.5, 0.6) is 0 Å². The van der Waals surface area contributed by atoms with Crippen LogP contribution in [0.4, 0.5) is 0 Å². The summed E-state index contributed by atoms with van der Waals surface area (Å²) in [6.45, 7) is 37.1. The van der Waals surface area contributed by atoms with Crippen LogP contribution in [0.1, 0.15) is 86.5 Å². The topological polar surface area (TPSA) is 23.4 Å². The first-order valence-electron chi connectivity index (χ1n) is 15.0. The monoisotopic (exact) mass is 524 g/mol. The van der Waals surface area contributed by atoms with Crippen molar-refractivity contribution in [3.05, 3.63) is 59.7 Å². The number of nitrogens with one attached hydrogen (secondary N) is 1. The smallest absolute Gasteiger partial charge is 0.0698 e. The lowest BCUT2D eigenvalue weighted by Gasteiger charge is -2.41. The molecule has 0 amide bonds. The summed E-state index contributed by atoms with van der Waals surface area (Å²) in [5.41, 5.74) is 3.34. The molecule has 1 heterocycles. The van der Waals surface area contributed by atoms with Gasteiger partial charge in [0, 0.05) is 54.5 Å². The van der Waals surface area contributed by atoms with Crippen LogP contribution in [-0.2, 0) is 6.54 Å². The molecule has 1 aromatic heterocycles. The van der Waals surface area contributed by atoms with Gasteiger partial charge in [-0.15, -0.1) is 0 Å². The van der Waals surface area contributed by atoms with E-state index < -0.39 is 0 Å². The van der Waals surface area contributed by atoms with Gasteiger partial charge in [0.1, 0.15) is 0 Å². The maximum atomic E-state index is 4.47. The van der Waals surface area contributed by atoms with Crippen LogP contribution in [0.25, 0.3) is 13.2 Å². The van der Waals surface area contributed by atoms with E-state index >= 15 is 0 Å². The molecule has 0 aliphatic heterocycles. The van der Waals surface area contributed by atoms with E-state index in [1.54, 1.807) is 0 Å². The van der Waals surface area contributed by atoms with Crippen molar-refractivity contribution in [1.82, 2.24) is 19.7 Å². The van der Waals surface area contributed by atoms with E-state index in [0.717, 1.165) is 54.3 Å². The van der Waals surface area contributed by atoms with Crippen LogP contribution in [0.3, 0.4) is 0 Å². The van der Waals surface area contributed by atoms with Gasteiger partial charge in [-0.2, -0.15) is 0 Å². The summed E-state index contributed by atoms with van der Waals surface area (Å²) in [5.74, 6) is 1.73. The maximum absolute atomic E-state index is 4.47. The Balaban J connectivity index is 2.66. The highest BCUT2D eigenvalue weighted by molar-refractivity contribution is 5.13. The lowest BCUT2D eigenvalue weighted by molar-refractivity contribution is 0.143. The predicted molar refractivity (Wildman–Crippen MR) is 170 cm³/mol. The zero-order chi connectivity index (χ0) is 29.0. The molecule has 0 fully saturated rings. The minimum absolute atomic E-state index is 0.187. The largest absolute Gasteiger partial charge is 0.382 e. The number of rotatable bonds is 20. The molecule has 0 saturated heterocycles. The summed E-state index contributed by atoms with van der Waals surface area (Å²) in [5, 5.41) is 5.73. The number of likely N-dealkylation sites (N-methyl/N-ethyl adjacent to an activating group) is 2. The van der Waals surface area contributed by atoms with Gasteiger partial charge in [0.25, 0.3) is 0 Å². The van der Waals surface area contributed by atoms with Gasteiger partial charge in [-0.1, -0.05) is 100 Å². The molecule has 4 nitrogen and oxygen atoms in total. The van der Waals surface area contributed by atoms with Crippen LogP contribution in [0, 0.1) is 17.8 Å². The minimum Gasteiger partial charge on any atom is -0.382 e. The van der Waals surface area contributed by atoms with E-state index in [9.17, 15) is 0 Å². The fourth-order valence-corrected chi connectivity index (χ4v) is 5.91. The Kier molecular flexibility index (Phi) is 14.7. The van der Waals surface area contributed by atoms with Gasteiger partial charge < -0.3 is 19.7 Å². The number of allylic oxidation sites excluding steroid dienone is 1. The van der Waals surface area contributed by atoms with Crippen molar-refractivity contribution < 1.29 is 0 Å². The number of hydrogen-bond donors (Lipinski definition) is 1. The Morgan fingerprint density at radius 1 is 0.842 bits per heavy atom. The molecule has 4 heteroatoms. The molecule has 0 aromatic carbocycles. The molecule has 0 aliphatic carbocycles. The Morgan fingerprint density at radius 2 is 1.42 bits per heavy atom. The van der Waals surface area contributed by atoms with Crippen LogP contribution in [-0.4, -0.2) is 47.1 Å². The summed E-state index contributed by atoms with van der Waals surface area (Å²) < 4.78 is 2.20. The zero-order valence-corrected chi connectivity index (χ0v) is 26.3. The van der Waals surface area contributed by atoms with E-state index in [1.165, 1.54) is 25.0 Å². The normalized spacial score (nSPS) is 13.8. The molecule has 216 valence electrons. The number of nitrogens with zero attached hydrogens (tertiary/aromatic N) is 3. The van der Waals surface area contributed by atoms with Gasteiger partial charge in [-0.25, -0.2) is 0 Å². The third-order valence-electron chi connectivity index (χ3n) is 8.64. The van der Waals surface area contributed by atoms with Crippen LogP contribution < -0.4 is 16.0 Å². The Hall–Kier alpha value is -2.36. The molecule has 3 unspecified atom stereocenters. The second-order valence-electron chi connectivity index (χ2n) is 11.7. The standard InChI is InChI=1S/C34H60N4/c1-14-26(6)34(32(15-2)16-3)37(13)30(10)24-35-31(11)33(25(4)5)36(12)27(7)20-18-17-19-23-38-28(8)21-22-29(38)9/h21-22,25-26,32-35H,7-11,14-20,23-24H2,1-6,12-13H3. The van der Waals surface area contributed by atoms with Crippen molar-refractivity contribution in [1.29, 1.82) is 0 Å². The summed E-state index contributed by atoms with van der Waals surface area (Å²) >= 11 is 0. The lowest BCUT2D eigenvalue weighted by atomic mass is 9.83. The van der Waals surface area contributed by atoms with Gasteiger partial charge in [0.15, 0.2) is 0 Å². The second-order valence-corrected chi connectivity index (χ2v) is 11.7. The predicted octanol–water partition coefficient (Wildman–Crippen LogP) is 6.74. The highest BCUT2D eigenvalue weighted by Crippen LogP contribution is 2.28. The van der Waals surface area contributed by atoms with Crippen molar-refractivity contribution in [2.24, 2.45) is 17.8 Å². The highest BCUT2D eigenvalue weighted by Gasteiger charge is 2.29. The zero-order valence-electron chi connectivity index (χ0n) is 26.3. The molecule has 3 atom stereocenters. The highest BCUT2D eigenvalue weighted by atomic mass is 15.2. The van der Waals surface area contributed by atoms with Crippen molar-refractivity contribution in [2.75, 3.05) is 20.6 Å². The Morgan fingerprint density at radius 3 is 1.92 bits per heavy atom. The summed E-state index contributed by atoms with van der Waals surface area (Å²) in [7, 11) is 4.39. The van der Waals surface area contributed by atoms with Crippen molar-refractivity contribution in [3.8, 4) is 0 Å². The van der Waals surface area contributed by atoms with Gasteiger partial charge in [-0.05, 0) is 49.1 Å². The average Bonchev–Trinajstić information content (AvgIpc) is 3.20. The van der Waals surface area contributed by atoms with E-state index in [4.69, 9.17) is 0 Å². The molecular formula is C34H60N4. The summed E-state index contributed by atoms with van der Waals surface area (Å²) in [4.78, 5) is 4.76. The molecular weight excluding hydrogens is 464 g/mol. The maximum Gasteiger partial charge on any atom is 0.0698 e.